The third-order valence-electron chi connectivity index (χ3n) is 4.44. The number of benzene rings is 1. The van der Waals surface area contributed by atoms with Crippen molar-refractivity contribution >= 4 is 17.2 Å². The molecule has 0 bridgehead atoms. The molecule has 2 heterocycles. The van der Waals surface area contributed by atoms with Gasteiger partial charge in [0.15, 0.2) is 0 Å². The summed E-state index contributed by atoms with van der Waals surface area (Å²) >= 11 is 1.57. The second-order valence-electron chi connectivity index (χ2n) is 5.95. The van der Waals surface area contributed by atoms with Crippen LogP contribution >= 0.6 is 11.3 Å². The van der Waals surface area contributed by atoms with Gasteiger partial charge < -0.3 is 15.4 Å². The molecule has 1 aromatic heterocycles. The highest BCUT2D eigenvalue weighted by Gasteiger charge is 2.27. The number of rotatable bonds is 4. The number of methoxy groups -OCH3 is 1. The zero-order valence-electron chi connectivity index (χ0n) is 13.5. The van der Waals surface area contributed by atoms with Crippen LogP contribution in [0, 0.1) is 12.8 Å². The van der Waals surface area contributed by atoms with Crippen LogP contribution in [0.1, 0.15) is 21.0 Å². The fraction of sp³-hybridized carbons (Fsp3) is 0.389. The van der Waals surface area contributed by atoms with E-state index in [1.807, 2.05) is 35.2 Å². The van der Waals surface area contributed by atoms with Crippen LogP contribution in [0.4, 0.5) is 0 Å². The summed E-state index contributed by atoms with van der Waals surface area (Å²) in [4.78, 5) is 16.6. The fourth-order valence-corrected chi connectivity index (χ4v) is 4.02. The first-order chi connectivity index (χ1) is 11.1. The largest absolute Gasteiger partial charge is 0.497 e. The van der Waals surface area contributed by atoms with E-state index in [1.54, 1.807) is 18.4 Å². The number of hydrogen-bond donors (Lipinski definition) is 1. The summed E-state index contributed by atoms with van der Waals surface area (Å²) in [5, 5.41) is 0. The first kappa shape index (κ1) is 16.0. The van der Waals surface area contributed by atoms with E-state index in [4.69, 9.17) is 10.5 Å². The maximum Gasteiger partial charge on any atom is 0.263 e. The van der Waals surface area contributed by atoms with E-state index < -0.39 is 0 Å². The van der Waals surface area contributed by atoms with Crippen LogP contribution in [0.15, 0.2) is 30.3 Å². The molecular weight excluding hydrogens is 308 g/mol. The van der Waals surface area contributed by atoms with Gasteiger partial charge in [0, 0.05) is 18.0 Å². The second-order valence-corrected chi connectivity index (χ2v) is 7.21. The summed E-state index contributed by atoms with van der Waals surface area (Å²) in [5.41, 5.74) is 7.95. The maximum absolute atomic E-state index is 12.7. The molecule has 1 saturated heterocycles. The molecule has 5 heteroatoms. The van der Waals surface area contributed by atoms with Crippen LogP contribution in [0.5, 0.6) is 5.75 Å². The highest BCUT2D eigenvalue weighted by molar-refractivity contribution is 7.14. The van der Waals surface area contributed by atoms with E-state index in [2.05, 4.69) is 6.92 Å². The molecule has 1 atom stereocenters. The van der Waals surface area contributed by atoms with E-state index in [-0.39, 0.29) is 5.91 Å². The zero-order valence-corrected chi connectivity index (χ0v) is 14.4. The molecule has 0 unspecified atom stereocenters. The minimum Gasteiger partial charge on any atom is -0.497 e. The molecule has 3 rings (SSSR count). The number of carbonyl (C=O) groups excluding carboxylic acids is 1. The average molecular weight is 330 g/mol. The topological polar surface area (TPSA) is 55.6 Å². The molecule has 2 aromatic rings. The number of carbonyl (C=O) groups is 1. The summed E-state index contributed by atoms with van der Waals surface area (Å²) in [6.45, 7) is 4.32. The van der Waals surface area contributed by atoms with E-state index in [1.165, 1.54) is 0 Å². The van der Waals surface area contributed by atoms with Crippen molar-refractivity contribution in [3.05, 3.63) is 40.1 Å². The molecule has 0 radical (unpaired) electrons. The minimum atomic E-state index is 0.133. The van der Waals surface area contributed by atoms with Gasteiger partial charge in [-0.1, -0.05) is 12.1 Å². The van der Waals surface area contributed by atoms with Gasteiger partial charge in [0.05, 0.1) is 12.0 Å². The van der Waals surface area contributed by atoms with Crippen molar-refractivity contribution in [1.29, 1.82) is 0 Å². The number of aryl methyl sites for hydroxylation is 1. The van der Waals surface area contributed by atoms with Gasteiger partial charge in [-0.15, -0.1) is 11.3 Å². The van der Waals surface area contributed by atoms with Crippen LogP contribution in [-0.2, 0) is 0 Å². The van der Waals surface area contributed by atoms with Gasteiger partial charge >= 0.3 is 0 Å². The van der Waals surface area contributed by atoms with Gasteiger partial charge in [-0.3, -0.25) is 4.79 Å². The molecule has 0 saturated carbocycles. The minimum absolute atomic E-state index is 0.133. The molecule has 1 aliphatic rings. The highest BCUT2D eigenvalue weighted by Crippen LogP contribution is 2.33. The molecule has 1 aliphatic heterocycles. The molecule has 0 aliphatic carbocycles. The molecule has 4 nitrogen and oxygen atoms in total. The van der Waals surface area contributed by atoms with Crippen molar-refractivity contribution in [1.82, 2.24) is 4.90 Å². The quantitative estimate of drug-likeness (QED) is 0.937. The Balaban J connectivity index is 1.81. The second kappa shape index (κ2) is 6.72. The Labute approximate surface area is 140 Å². The first-order valence-corrected chi connectivity index (χ1v) is 8.68. The Morgan fingerprint density at radius 1 is 1.39 bits per heavy atom. The summed E-state index contributed by atoms with van der Waals surface area (Å²) < 4.78 is 5.20. The normalized spacial score (nSPS) is 17.5. The monoisotopic (exact) mass is 330 g/mol. The number of nitrogens with zero attached hydrogens (tertiary/aromatic N) is 1. The maximum atomic E-state index is 12.7. The molecule has 1 amide bonds. The lowest BCUT2D eigenvalue weighted by molar-refractivity contribution is 0.0792. The smallest absolute Gasteiger partial charge is 0.263 e. The van der Waals surface area contributed by atoms with Crippen LogP contribution in [0.3, 0.4) is 0 Å². The Kier molecular flexibility index (Phi) is 4.68. The van der Waals surface area contributed by atoms with Crippen LogP contribution < -0.4 is 10.5 Å². The van der Waals surface area contributed by atoms with Crippen molar-refractivity contribution in [2.75, 3.05) is 26.7 Å². The Bertz CT molecular complexity index is 694. The lowest BCUT2D eigenvalue weighted by Crippen LogP contribution is -2.29. The van der Waals surface area contributed by atoms with Crippen molar-refractivity contribution in [2.24, 2.45) is 11.7 Å². The van der Waals surface area contributed by atoms with E-state index in [0.29, 0.717) is 12.5 Å². The molecule has 2 N–H and O–H groups in total. The molecule has 1 fully saturated rings. The summed E-state index contributed by atoms with van der Waals surface area (Å²) in [7, 11) is 1.66. The van der Waals surface area contributed by atoms with Gasteiger partial charge in [-0.2, -0.15) is 0 Å². The predicted octanol–water partition coefficient (Wildman–Crippen LogP) is 3.15. The number of amides is 1. The first-order valence-electron chi connectivity index (χ1n) is 7.86. The van der Waals surface area contributed by atoms with Gasteiger partial charge in [-0.05, 0) is 55.1 Å². The number of hydrogen-bond acceptors (Lipinski definition) is 4. The van der Waals surface area contributed by atoms with Crippen molar-refractivity contribution in [3.8, 4) is 16.9 Å². The SMILES string of the molecule is COc1ccc(-c2cc(C(=O)N3CC[C@H](CN)C3)sc2C)cc1. The molecule has 122 valence electrons. The molecule has 0 spiro atoms. The summed E-state index contributed by atoms with van der Waals surface area (Å²) in [5.74, 6) is 1.41. The Hall–Kier alpha value is -1.85. The summed E-state index contributed by atoms with van der Waals surface area (Å²) in [6, 6.07) is 9.96. The van der Waals surface area contributed by atoms with Gasteiger partial charge in [0.1, 0.15) is 5.75 Å². The lowest BCUT2D eigenvalue weighted by atomic mass is 10.1. The van der Waals surface area contributed by atoms with Crippen LogP contribution in [0.2, 0.25) is 0 Å². The van der Waals surface area contributed by atoms with E-state index >= 15 is 0 Å². The van der Waals surface area contributed by atoms with Gasteiger partial charge in [-0.25, -0.2) is 0 Å². The zero-order chi connectivity index (χ0) is 16.4. The Morgan fingerprint density at radius 2 is 2.13 bits per heavy atom. The molecule has 23 heavy (non-hydrogen) atoms. The lowest BCUT2D eigenvalue weighted by Gasteiger charge is -2.14. The third-order valence-corrected chi connectivity index (χ3v) is 5.47. The van der Waals surface area contributed by atoms with Crippen LogP contribution in [-0.4, -0.2) is 37.6 Å². The number of thiophene rings is 1. The standard InChI is InChI=1S/C18H22N2O2S/c1-12-16(14-3-5-15(22-2)6-4-14)9-17(23-12)18(21)20-8-7-13(10-19)11-20/h3-6,9,13H,7-8,10-11,19H2,1-2H3/t13-/m1/s1. The third kappa shape index (κ3) is 3.26. The van der Waals surface area contributed by atoms with Crippen molar-refractivity contribution in [2.45, 2.75) is 13.3 Å². The molecule has 1 aromatic carbocycles. The predicted molar refractivity (Wildman–Crippen MR) is 94.1 cm³/mol. The van der Waals surface area contributed by atoms with Crippen molar-refractivity contribution < 1.29 is 9.53 Å². The fourth-order valence-electron chi connectivity index (χ4n) is 3.01. The van der Waals surface area contributed by atoms with Gasteiger partial charge in [0.2, 0.25) is 0 Å². The highest BCUT2D eigenvalue weighted by atomic mass is 32.1. The summed E-state index contributed by atoms with van der Waals surface area (Å²) in [6.07, 6.45) is 1.01. The average Bonchev–Trinajstić information content (AvgIpc) is 3.21. The number of likely N-dealkylation sites (tertiary alicyclic amines) is 1. The Morgan fingerprint density at radius 3 is 2.74 bits per heavy atom. The van der Waals surface area contributed by atoms with Crippen molar-refractivity contribution in [3.63, 3.8) is 0 Å². The van der Waals surface area contributed by atoms with Crippen LogP contribution in [0.25, 0.3) is 11.1 Å². The van der Waals surface area contributed by atoms with Gasteiger partial charge in [0.25, 0.3) is 5.91 Å². The number of nitrogens with two attached hydrogens (primary N) is 1. The van der Waals surface area contributed by atoms with E-state index in [0.717, 1.165) is 46.1 Å². The number of ether oxygens (including phenoxy) is 1. The molecular formula is C18H22N2O2S. The van der Waals surface area contributed by atoms with E-state index in [9.17, 15) is 4.79 Å².